The molecule has 2 aromatic rings. The van der Waals surface area contributed by atoms with Crippen LogP contribution in [-0.2, 0) is 0 Å². The van der Waals surface area contributed by atoms with Crippen molar-refractivity contribution in [3.8, 4) is 11.8 Å². The Labute approximate surface area is 121 Å². The Kier molecular flexibility index (Phi) is 4.49. The van der Waals surface area contributed by atoms with E-state index in [-0.39, 0.29) is 23.8 Å². The van der Waals surface area contributed by atoms with Crippen molar-refractivity contribution in [3.63, 3.8) is 0 Å². The quantitative estimate of drug-likeness (QED) is 0.704. The average molecular weight is 282 g/mol. The number of nitrogens with one attached hydrogen (secondary N) is 2. The molecule has 1 heterocycles. The Bertz CT molecular complexity index is 764. The van der Waals surface area contributed by atoms with E-state index in [1.54, 1.807) is 12.1 Å². The zero-order chi connectivity index (χ0) is 15.2. The van der Waals surface area contributed by atoms with E-state index in [4.69, 9.17) is 5.73 Å². The molecule has 1 aromatic heterocycles. The number of nitrogens with two attached hydrogens (primary N) is 1. The lowest BCUT2D eigenvalue weighted by molar-refractivity contribution is 0.102. The molecule has 0 atom stereocenters. The number of nitrogens with zero attached hydrogens (tertiary/aromatic N) is 1. The molecule has 2 rings (SSSR count). The van der Waals surface area contributed by atoms with Gasteiger partial charge in [0.25, 0.3) is 11.5 Å². The highest BCUT2D eigenvalue weighted by Gasteiger charge is 2.08. The van der Waals surface area contributed by atoms with Crippen LogP contribution in [0.1, 0.15) is 21.5 Å². The first-order chi connectivity index (χ1) is 10.1. The molecule has 21 heavy (non-hydrogen) atoms. The van der Waals surface area contributed by atoms with E-state index in [0.717, 1.165) is 11.1 Å². The molecule has 4 N–H and O–H groups in total. The Hall–Kier alpha value is -2.91. The number of H-pyrrole nitrogens is 1. The molecule has 0 aliphatic rings. The van der Waals surface area contributed by atoms with E-state index in [0.29, 0.717) is 5.56 Å². The fraction of sp³-hybridized carbons (Fsp3) is 0.133. The number of hydrogen-bond acceptors (Lipinski definition) is 4. The van der Waals surface area contributed by atoms with Crippen LogP contribution in [0.4, 0.5) is 5.82 Å². The summed E-state index contributed by atoms with van der Waals surface area (Å²) in [5.41, 5.74) is 7.19. The van der Waals surface area contributed by atoms with Gasteiger partial charge in [-0.05, 0) is 30.7 Å². The van der Waals surface area contributed by atoms with Gasteiger partial charge in [-0.3, -0.25) is 9.59 Å². The molecule has 0 saturated carbocycles. The van der Waals surface area contributed by atoms with E-state index < -0.39 is 0 Å². The lowest BCUT2D eigenvalue weighted by atomic mass is 10.0. The number of hydrogen-bond donors (Lipinski definition) is 3. The van der Waals surface area contributed by atoms with Gasteiger partial charge in [0.2, 0.25) is 0 Å². The monoisotopic (exact) mass is 282 g/mol. The molecular weight excluding hydrogens is 268 g/mol. The molecule has 0 aliphatic heterocycles. The first kappa shape index (κ1) is 14.5. The van der Waals surface area contributed by atoms with Crippen molar-refractivity contribution in [2.24, 2.45) is 5.73 Å². The van der Waals surface area contributed by atoms with Crippen LogP contribution in [0.5, 0.6) is 0 Å². The minimum atomic E-state index is -0.331. The predicted octanol–water partition coefficient (Wildman–Crippen LogP) is 0.641. The Morgan fingerprint density at radius 3 is 2.86 bits per heavy atom. The number of aromatic nitrogens is 2. The maximum atomic E-state index is 12.1. The Morgan fingerprint density at radius 1 is 1.38 bits per heavy atom. The number of amides is 1. The summed E-state index contributed by atoms with van der Waals surface area (Å²) in [4.78, 5) is 23.0. The van der Waals surface area contributed by atoms with Gasteiger partial charge in [0.1, 0.15) is 0 Å². The fourth-order valence-corrected chi connectivity index (χ4v) is 1.65. The lowest BCUT2D eigenvalue weighted by Crippen LogP contribution is -2.16. The summed E-state index contributed by atoms with van der Waals surface area (Å²) in [6.45, 7) is 2.17. The zero-order valence-electron chi connectivity index (χ0n) is 11.4. The van der Waals surface area contributed by atoms with Crippen molar-refractivity contribution in [2.75, 3.05) is 11.9 Å². The van der Waals surface area contributed by atoms with Gasteiger partial charge in [0.05, 0.1) is 6.54 Å². The predicted molar refractivity (Wildman–Crippen MR) is 79.9 cm³/mol. The van der Waals surface area contributed by atoms with Crippen LogP contribution in [0.15, 0.2) is 35.1 Å². The van der Waals surface area contributed by atoms with Crippen LogP contribution in [-0.4, -0.2) is 22.6 Å². The minimum Gasteiger partial charge on any atom is -0.320 e. The standard InChI is InChI=1S/C15H14N4O2/c1-10-4-5-12(9-11(10)3-2-8-16)15(21)17-13-6-7-14(20)19-18-13/h4-7,9H,8,16H2,1H3,(H,19,20)(H,17,18,21). The van der Waals surface area contributed by atoms with E-state index in [9.17, 15) is 9.59 Å². The molecular formula is C15H14N4O2. The Balaban J connectivity index is 2.23. The molecule has 1 aromatic carbocycles. The Morgan fingerprint density at radius 2 is 2.19 bits per heavy atom. The van der Waals surface area contributed by atoms with Gasteiger partial charge >= 0.3 is 0 Å². The zero-order valence-corrected chi connectivity index (χ0v) is 11.4. The van der Waals surface area contributed by atoms with Crippen LogP contribution in [0, 0.1) is 18.8 Å². The maximum Gasteiger partial charge on any atom is 0.264 e. The van der Waals surface area contributed by atoms with Crippen molar-refractivity contribution in [3.05, 3.63) is 57.4 Å². The number of carbonyl (C=O) groups is 1. The highest BCUT2D eigenvalue weighted by molar-refractivity contribution is 6.04. The highest BCUT2D eigenvalue weighted by atomic mass is 16.2. The molecule has 1 amide bonds. The summed E-state index contributed by atoms with van der Waals surface area (Å²) < 4.78 is 0. The molecule has 0 bridgehead atoms. The number of rotatable bonds is 2. The van der Waals surface area contributed by atoms with Crippen LogP contribution < -0.4 is 16.6 Å². The third-order valence-corrected chi connectivity index (χ3v) is 2.75. The van der Waals surface area contributed by atoms with Gasteiger partial charge in [-0.25, -0.2) is 5.10 Å². The molecule has 0 spiro atoms. The van der Waals surface area contributed by atoms with E-state index in [1.807, 2.05) is 13.0 Å². The van der Waals surface area contributed by atoms with Crippen LogP contribution in [0.3, 0.4) is 0 Å². The molecule has 0 fully saturated rings. The summed E-state index contributed by atoms with van der Waals surface area (Å²) in [6, 6.07) is 7.93. The van der Waals surface area contributed by atoms with Gasteiger partial charge in [-0.2, -0.15) is 5.10 Å². The smallest absolute Gasteiger partial charge is 0.264 e. The number of aromatic amines is 1. The second kappa shape index (κ2) is 6.50. The number of benzene rings is 1. The van der Waals surface area contributed by atoms with E-state index in [2.05, 4.69) is 27.4 Å². The third kappa shape index (κ3) is 3.78. The molecule has 0 aliphatic carbocycles. The second-order valence-electron chi connectivity index (χ2n) is 4.30. The summed E-state index contributed by atoms with van der Waals surface area (Å²) in [5.74, 6) is 5.63. The SMILES string of the molecule is Cc1ccc(C(=O)Nc2ccc(=O)[nH]n2)cc1C#CCN. The molecule has 0 radical (unpaired) electrons. The molecule has 106 valence electrons. The summed E-state index contributed by atoms with van der Waals surface area (Å²) in [7, 11) is 0. The number of carbonyl (C=O) groups excluding carboxylic acids is 1. The summed E-state index contributed by atoms with van der Waals surface area (Å²) in [6.07, 6.45) is 0. The van der Waals surface area contributed by atoms with Crippen LogP contribution in [0.2, 0.25) is 0 Å². The van der Waals surface area contributed by atoms with Gasteiger partial charge < -0.3 is 11.1 Å². The lowest BCUT2D eigenvalue weighted by Gasteiger charge is -2.05. The van der Waals surface area contributed by atoms with Gasteiger partial charge in [0.15, 0.2) is 5.82 Å². The fourth-order valence-electron chi connectivity index (χ4n) is 1.65. The van der Waals surface area contributed by atoms with E-state index in [1.165, 1.54) is 12.1 Å². The number of aryl methyl sites for hydroxylation is 1. The van der Waals surface area contributed by atoms with Crippen molar-refractivity contribution < 1.29 is 4.79 Å². The van der Waals surface area contributed by atoms with Crippen molar-refractivity contribution in [1.82, 2.24) is 10.2 Å². The van der Waals surface area contributed by atoms with Crippen molar-refractivity contribution in [2.45, 2.75) is 6.92 Å². The van der Waals surface area contributed by atoms with Gasteiger partial charge in [-0.15, -0.1) is 0 Å². The molecule has 6 nitrogen and oxygen atoms in total. The van der Waals surface area contributed by atoms with Crippen molar-refractivity contribution in [1.29, 1.82) is 0 Å². The molecule has 0 saturated heterocycles. The van der Waals surface area contributed by atoms with Gasteiger partial charge in [-0.1, -0.05) is 17.9 Å². The average Bonchev–Trinajstić information content (AvgIpc) is 2.48. The summed E-state index contributed by atoms with van der Waals surface area (Å²) >= 11 is 0. The maximum absolute atomic E-state index is 12.1. The first-order valence-corrected chi connectivity index (χ1v) is 6.27. The van der Waals surface area contributed by atoms with E-state index >= 15 is 0 Å². The van der Waals surface area contributed by atoms with Crippen LogP contribution >= 0.6 is 0 Å². The second-order valence-corrected chi connectivity index (χ2v) is 4.30. The minimum absolute atomic E-state index is 0.261. The molecule has 6 heteroatoms. The highest BCUT2D eigenvalue weighted by Crippen LogP contribution is 2.11. The third-order valence-electron chi connectivity index (χ3n) is 2.75. The summed E-state index contributed by atoms with van der Waals surface area (Å²) in [5, 5.41) is 8.56. The molecule has 0 unspecified atom stereocenters. The topological polar surface area (TPSA) is 101 Å². The first-order valence-electron chi connectivity index (χ1n) is 6.27. The van der Waals surface area contributed by atoms with Gasteiger partial charge in [0, 0.05) is 17.2 Å². The van der Waals surface area contributed by atoms with Crippen molar-refractivity contribution >= 4 is 11.7 Å². The van der Waals surface area contributed by atoms with Crippen LogP contribution in [0.25, 0.3) is 0 Å². The normalized spacial score (nSPS) is 9.62. The largest absolute Gasteiger partial charge is 0.320 e. The number of anilines is 1.